The van der Waals surface area contributed by atoms with Gasteiger partial charge in [-0.1, -0.05) is 97.5 Å². The molecule has 0 fully saturated rings. The van der Waals surface area contributed by atoms with Crippen LogP contribution in [0.1, 0.15) is 83.1 Å². The van der Waals surface area contributed by atoms with Crippen LogP contribution in [0.5, 0.6) is 23.0 Å². The molecular formula is C53H70N4O14+2. The lowest BCUT2D eigenvalue weighted by molar-refractivity contribution is -0.401. The monoisotopic (exact) mass is 986 g/mol. The molecule has 0 saturated carbocycles. The van der Waals surface area contributed by atoms with Crippen LogP contribution in [0.25, 0.3) is 22.2 Å². The van der Waals surface area contributed by atoms with E-state index in [1.54, 1.807) is 48.5 Å². The van der Waals surface area contributed by atoms with Crippen LogP contribution in [0.2, 0.25) is 0 Å². The zero-order valence-electron chi connectivity index (χ0n) is 40.8. The molecule has 0 aromatic heterocycles. The van der Waals surface area contributed by atoms with E-state index in [-0.39, 0.29) is 30.1 Å². The van der Waals surface area contributed by atoms with Gasteiger partial charge >= 0.3 is 12.1 Å². The number of ether oxygens (including phenoxy) is 8. The Morgan fingerprint density at radius 1 is 0.465 bits per heavy atom. The number of hydrogen-bond acceptors (Lipinski definition) is 14. The Morgan fingerprint density at radius 2 is 0.704 bits per heavy atom. The fourth-order valence-electron chi connectivity index (χ4n) is 6.33. The van der Waals surface area contributed by atoms with Crippen LogP contribution in [0.15, 0.2) is 109 Å². The maximum absolute atomic E-state index is 10.3. The van der Waals surface area contributed by atoms with Crippen molar-refractivity contribution >= 4 is 12.2 Å². The Kier molecular flexibility index (Phi) is 28.1. The summed E-state index contributed by atoms with van der Waals surface area (Å²) in [5.41, 5.74) is 3.22. The van der Waals surface area contributed by atoms with Gasteiger partial charge in [-0.05, 0) is 81.6 Å². The first-order valence-electron chi connectivity index (χ1n) is 22.6. The van der Waals surface area contributed by atoms with Gasteiger partial charge in [-0.3, -0.25) is 20.2 Å². The van der Waals surface area contributed by atoms with Crippen molar-refractivity contribution in [2.45, 2.75) is 60.8 Å². The number of nitro groups is 2. The van der Waals surface area contributed by atoms with Crippen LogP contribution in [0, 0.1) is 43.2 Å². The molecule has 0 bridgehead atoms. The summed E-state index contributed by atoms with van der Waals surface area (Å²) in [4.78, 5) is 19.6. The molecule has 4 aromatic rings. The lowest BCUT2D eigenvalue weighted by Crippen LogP contribution is -2.17. The smallest absolute Gasteiger partial charge is 0.358 e. The molecule has 18 nitrogen and oxygen atoms in total. The molecule has 0 aliphatic carbocycles. The van der Waals surface area contributed by atoms with E-state index < -0.39 is 9.85 Å². The number of nitrogens with zero attached hydrogens (tertiary/aromatic N) is 4. The summed E-state index contributed by atoms with van der Waals surface area (Å²) in [7, 11) is 0. The van der Waals surface area contributed by atoms with Gasteiger partial charge in [0.05, 0.1) is 62.7 Å². The number of rotatable bonds is 28. The van der Waals surface area contributed by atoms with Crippen LogP contribution < -0.4 is 18.9 Å². The molecule has 384 valence electrons. The molecule has 0 saturated heterocycles. The average molecular weight is 987 g/mol. The van der Waals surface area contributed by atoms with Crippen molar-refractivity contribution < 1.29 is 58.2 Å². The van der Waals surface area contributed by atoms with Gasteiger partial charge in [0.25, 0.3) is 0 Å². The molecule has 0 aliphatic rings. The maximum atomic E-state index is 10.3. The van der Waals surface area contributed by atoms with Crippen LogP contribution >= 0.6 is 0 Å². The number of benzene rings is 4. The molecule has 0 aliphatic heterocycles. The summed E-state index contributed by atoms with van der Waals surface area (Å²) in [5.74, 6) is 2.58. The summed E-state index contributed by atoms with van der Waals surface area (Å²) >= 11 is 0. The highest BCUT2D eigenvalue weighted by Gasteiger charge is 2.31. The van der Waals surface area contributed by atoms with E-state index in [0.717, 1.165) is 35.0 Å². The lowest BCUT2D eigenvalue weighted by Gasteiger charge is -2.22. The van der Waals surface area contributed by atoms with Crippen LogP contribution in [0.4, 0.5) is 0 Å². The van der Waals surface area contributed by atoms with Gasteiger partial charge in [0, 0.05) is 12.2 Å². The maximum Gasteiger partial charge on any atom is 0.358 e. The molecule has 18 heteroatoms. The van der Waals surface area contributed by atoms with Gasteiger partial charge in [0.2, 0.25) is 22.4 Å². The summed E-state index contributed by atoms with van der Waals surface area (Å²) in [6.07, 6.45) is 4.59. The Hall–Kier alpha value is -7.22. The van der Waals surface area contributed by atoms with Crippen molar-refractivity contribution in [3.05, 3.63) is 162 Å². The summed E-state index contributed by atoms with van der Waals surface area (Å²) in [5, 5.41) is 44.6. The minimum Gasteiger partial charge on any atom is -0.491 e. The third-order valence-electron chi connectivity index (χ3n) is 9.80. The second kappa shape index (κ2) is 33.3. The Bertz CT molecular complexity index is 2140. The SMILES string of the molecule is C.CC(C)(C)C(C#[N+]O)c1ccc(OCCOCCOCCOc2ccc(C(C#[N+]O)C(C)(C)C)cc2)cc1.O=[N+]([O-])/C=C/c1ccc(OCCOCCOCCOc2ccc(/C=C/[N+](=O)[O-])cc2)cc1. The van der Waals surface area contributed by atoms with E-state index in [1.165, 1.54) is 12.2 Å². The zero-order chi connectivity index (χ0) is 51.0. The van der Waals surface area contributed by atoms with E-state index in [4.69, 9.17) is 48.3 Å². The van der Waals surface area contributed by atoms with Crippen molar-refractivity contribution in [3.8, 4) is 35.1 Å². The van der Waals surface area contributed by atoms with Crippen molar-refractivity contribution in [3.63, 3.8) is 0 Å². The van der Waals surface area contributed by atoms with E-state index in [2.05, 4.69) is 63.7 Å². The van der Waals surface area contributed by atoms with Crippen LogP contribution in [-0.4, -0.2) is 99.5 Å². The second-order valence-electron chi connectivity index (χ2n) is 17.4. The van der Waals surface area contributed by atoms with Crippen molar-refractivity contribution in [2.24, 2.45) is 10.8 Å². The average Bonchev–Trinajstić information content (AvgIpc) is 3.33. The lowest BCUT2D eigenvalue weighted by atomic mass is 9.77. The molecule has 2 N–H and O–H groups in total. The van der Waals surface area contributed by atoms with Gasteiger partial charge in [-0.25, -0.2) is 0 Å². The topological polar surface area (TPSA) is 209 Å². The Labute approximate surface area is 417 Å². The van der Waals surface area contributed by atoms with Crippen LogP contribution in [0.3, 0.4) is 0 Å². The van der Waals surface area contributed by atoms with Crippen molar-refractivity contribution in [2.75, 3.05) is 79.3 Å². The highest BCUT2D eigenvalue weighted by Crippen LogP contribution is 2.36. The Balaban J connectivity index is 0.000000487. The Morgan fingerprint density at radius 3 is 0.930 bits per heavy atom. The molecule has 2 atom stereocenters. The van der Waals surface area contributed by atoms with Gasteiger partial charge in [-0.2, -0.15) is 10.4 Å². The fraction of sp³-hybridized carbons (Fsp3) is 0.434. The van der Waals surface area contributed by atoms with Crippen molar-refractivity contribution in [1.82, 2.24) is 0 Å². The quantitative estimate of drug-likeness (QED) is 0.0308. The molecule has 4 aromatic carbocycles. The molecule has 0 amide bonds. The summed E-state index contributed by atoms with van der Waals surface area (Å²) in [6.45, 7) is 17.6. The zero-order valence-corrected chi connectivity index (χ0v) is 40.8. The summed E-state index contributed by atoms with van der Waals surface area (Å²) in [6, 6.07) is 34.8. The number of hydrogen-bond donors (Lipinski definition) is 2. The first kappa shape index (κ1) is 59.9. The molecule has 0 spiro atoms. The largest absolute Gasteiger partial charge is 0.491 e. The van der Waals surface area contributed by atoms with Gasteiger partial charge in [0.15, 0.2) is 0 Å². The molecule has 2 unspecified atom stereocenters. The van der Waals surface area contributed by atoms with E-state index in [1.807, 2.05) is 48.5 Å². The van der Waals surface area contributed by atoms with Gasteiger partial charge < -0.3 is 37.9 Å². The highest BCUT2D eigenvalue weighted by molar-refractivity contribution is 5.50. The molecule has 71 heavy (non-hydrogen) atoms. The van der Waals surface area contributed by atoms with E-state index in [0.29, 0.717) is 102 Å². The highest BCUT2D eigenvalue weighted by atomic mass is 16.6. The van der Waals surface area contributed by atoms with Crippen molar-refractivity contribution in [1.29, 1.82) is 0 Å². The van der Waals surface area contributed by atoms with Crippen LogP contribution in [-0.2, 0) is 18.9 Å². The fourth-order valence-corrected chi connectivity index (χ4v) is 6.33. The predicted octanol–water partition coefficient (Wildman–Crippen LogP) is 11.2. The third-order valence-corrected chi connectivity index (χ3v) is 9.80. The standard InChI is InChI=1S/C30H40N2O6.C22H24N2O8.CH4/c1-29(2,3)27(21-31-33)23-7-11-25(12-8-23)37-19-17-35-15-16-36-18-20-38-26-13-9-24(10-14-26)28(22-32-34)30(4,5)6;25-23(26)11-9-19-1-5-21(6-2-19)31-17-15-29-13-14-30-16-18-32-22-7-3-20(4-8-22)10-12-24(27)28;/h7-14,27-28H,15-20H2,1-6H3;1-12H,13-18H2;1H4/p+2/b;11-9+,12-10+;. The molecule has 4 rings (SSSR count). The summed E-state index contributed by atoms with van der Waals surface area (Å²) < 4.78 is 44.5. The molecular weight excluding hydrogens is 917 g/mol. The molecule has 0 heterocycles. The first-order chi connectivity index (χ1) is 33.6. The minimum absolute atomic E-state index is 0. The first-order valence-corrected chi connectivity index (χ1v) is 22.6. The minimum atomic E-state index is -0.513. The van der Waals surface area contributed by atoms with E-state index in [9.17, 15) is 20.2 Å². The third kappa shape index (κ3) is 25.8. The van der Waals surface area contributed by atoms with E-state index >= 15 is 0 Å². The molecule has 0 radical (unpaired) electrons. The van der Waals surface area contributed by atoms with Gasteiger partial charge in [0.1, 0.15) is 61.3 Å². The predicted molar refractivity (Wildman–Crippen MR) is 272 cm³/mol. The van der Waals surface area contributed by atoms with Gasteiger partial charge in [-0.15, -0.1) is 0 Å². The normalized spacial score (nSPS) is 11.9. The second-order valence-corrected chi connectivity index (χ2v) is 17.4.